The molecule has 2 rings (SSSR count). The molecule has 0 N–H and O–H groups in total. The number of carbonyl (C=O) groups is 2. The molecular weight excluding hydrogens is 314 g/mol. The van der Waals surface area contributed by atoms with Gasteiger partial charge in [0.25, 0.3) is 0 Å². The largest absolute Gasteiger partial charge is 0.342 e. The van der Waals surface area contributed by atoms with Crippen molar-refractivity contribution in [1.82, 2.24) is 9.80 Å². The maximum absolute atomic E-state index is 13.8. The van der Waals surface area contributed by atoms with E-state index in [1.165, 1.54) is 23.1 Å². The number of benzene rings is 1. The molecule has 0 aromatic heterocycles. The van der Waals surface area contributed by atoms with Gasteiger partial charge in [-0.2, -0.15) is 0 Å². The molecule has 1 fully saturated rings. The van der Waals surface area contributed by atoms with Crippen LogP contribution in [-0.4, -0.2) is 41.2 Å². The molecule has 0 spiro atoms. The van der Waals surface area contributed by atoms with Gasteiger partial charge in [0, 0.05) is 31.6 Å². The molecule has 1 aliphatic heterocycles. The Kier molecular flexibility index (Phi) is 6.29. The van der Waals surface area contributed by atoms with Crippen LogP contribution in [0, 0.1) is 17.6 Å². The number of amides is 2. The molecule has 1 saturated heterocycles. The number of likely N-dealkylation sites (tertiary alicyclic amines) is 1. The van der Waals surface area contributed by atoms with Gasteiger partial charge in [0.05, 0.1) is 12.5 Å². The van der Waals surface area contributed by atoms with Gasteiger partial charge in [0.2, 0.25) is 11.8 Å². The standard InChI is InChI=1S/C18H24F2N2O2/c1-3-17(23)22-10-6-7-13(11-22)18(24)21(4-2)12-14-15(19)8-5-9-16(14)20/h5,8-9,13H,3-4,6-7,10-12H2,1-2H3. The topological polar surface area (TPSA) is 40.6 Å². The highest BCUT2D eigenvalue weighted by atomic mass is 19.1. The van der Waals surface area contributed by atoms with Gasteiger partial charge < -0.3 is 9.80 Å². The SMILES string of the molecule is CCC(=O)N1CCCC(C(=O)N(CC)Cc2c(F)cccc2F)C1. The Morgan fingerprint density at radius 2 is 1.92 bits per heavy atom. The summed E-state index contributed by atoms with van der Waals surface area (Å²) in [5.41, 5.74) is -0.0926. The zero-order valence-corrected chi connectivity index (χ0v) is 14.2. The van der Waals surface area contributed by atoms with E-state index in [4.69, 9.17) is 0 Å². The molecule has 1 aromatic rings. The first kappa shape index (κ1) is 18.4. The average Bonchev–Trinajstić information content (AvgIpc) is 2.60. The fraction of sp³-hybridized carbons (Fsp3) is 0.556. The number of rotatable bonds is 5. The lowest BCUT2D eigenvalue weighted by Crippen LogP contribution is -2.46. The van der Waals surface area contributed by atoms with Gasteiger partial charge >= 0.3 is 0 Å². The monoisotopic (exact) mass is 338 g/mol. The second-order valence-electron chi connectivity index (χ2n) is 6.09. The maximum atomic E-state index is 13.8. The molecule has 1 aliphatic rings. The van der Waals surface area contributed by atoms with E-state index in [0.29, 0.717) is 32.5 Å². The van der Waals surface area contributed by atoms with Gasteiger partial charge in [-0.15, -0.1) is 0 Å². The minimum atomic E-state index is -0.646. The van der Waals surface area contributed by atoms with Crippen LogP contribution in [0.2, 0.25) is 0 Å². The Morgan fingerprint density at radius 1 is 1.25 bits per heavy atom. The zero-order chi connectivity index (χ0) is 17.7. The van der Waals surface area contributed by atoms with E-state index in [-0.39, 0.29) is 29.8 Å². The van der Waals surface area contributed by atoms with Gasteiger partial charge in [0.15, 0.2) is 0 Å². The summed E-state index contributed by atoms with van der Waals surface area (Å²) in [5, 5.41) is 0. The van der Waals surface area contributed by atoms with Crippen molar-refractivity contribution in [2.45, 2.75) is 39.7 Å². The Balaban J connectivity index is 2.09. The van der Waals surface area contributed by atoms with Crippen molar-refractivity contribution in [1.29, 1.82) is 0 Å². The third-order valence-corrected chi connectivity index (χ3v) is 4.53. The smallest absolute Gasteiger partial charge is 0.227 e. The predicted octanol–water partition coefficient (Wildman–Crippen LogP) is 2.96. The van der Waals surface area contributed by atoms with E-state index >= 15 is 0 Å². The van der Waals surface area contributed by atoms with Crippen LogP contribution in [0.4, 0.5) is 8.78 Å². The molecule has 1 unspecified atom stereocenters. The van der Waals surface area contributed by atoms with Gasteiger partial charge in [-0.25, -0.2) is 8.78 Å². The number of carbonyl (C=O) groups excluding carboxylic acids is 2. The van der Waals surface area contributed by atoms with E-state index in [2.05, 4.69) is 0 Å². The fourth-order valence-corrected chi connectivity index (χ4v) is 3.11. The Hall–Kier alpha value is -1.98. The zero-order valence-electron chi connectivity index (χ0n) is 14.2. The summed E-state index contributed by atoms with van der Waals surface area (Å²) in [6.45, 7) is 4.92. The first-order valence-corrected chi connectivity index (χ1v) is 8.47. The van der Waals surface area contributed by atoms with Crippen LogP contribution in [0.1, 0.15) is 38.7 Å². The first-order chi connectivity index (χ1) is 11.5. The lowest BCUT2D eigenvalue weighted by molar-refractivity contribution is -0.141. The highest BCUT2D eigenvalue weighted by Crippen LogP contribution is 2.22. The molecule has 1 atom stereocenters. The number of halogens is 2. The number of piperidine rings is 1. The van der Waals surface area contributed by atoms with Crippen molar-refractivity contribution in [3.63, 3.8) is 0 Å². The molecule has 0 radical (unpaired) electrons. The van der Waals surface area contributed by atoms with Crippen molar-refractivity contribution in [2.24, 2.45) is 5.92 Å². The molecule has 0 bridgehead atoms. The summed E-state index contributed by atoms with van der Waals surface area (Å²) in [5.74, 6) is -1.70. The maximum Gasteiger partial charge on any atom is 0.227 e. The molecular formula is C18H24F2N2O2. The van der Waals surface area contributed by atoms with Crippen molar-refractivity contribution in [3.05, 3.63) is 35.4 Å². The van der Waals surface area contributed by atoms with E-state index in [1.54, 1.807) is 18.7 Å². The van der Waals surface area contributed by atoms with Gasteiger partial charge in [-0.3, -0.25) is 9.59 Å². The van der Waals surface area contributed by atoms with Crippen LogP contribution >= 0.6 is 0 Å². The van der Waals surface area contributed by atoms with Crippen LogP contribution in [0.15, 0.2) is 18.2 Å². The fourth-order valence-electron chi connectivity index (χ4n) is 3.11. The molecule has 24 heavy (non-hydrogen) atoms. The molecule has 1 heterocycles. The molecule has 4 nitrogen and oxygen atoms in total. The number of hydrogen-bond acceptors (Lipinski definition) is 2. The molecule has 6 heteroatoms. The summed E-state index contributed by atoms with van der Waals surface area (Å²) in [6, 6.07) is 3.69. The number of nitrogens with zero attached hydrogens (tertiary/aromatic N) is 2. The highest BCUT2D eigenvalue weighted by molar-refractivity contribution is 5.81. The van der Waals surface area contributed by atoms with Crippen LogP contribution in [0.25, 0.3) is 0 Å². The lowest BCUT2D eigenvalue weighted by atomic mass is 9.96. The Bertz CT molecular complexity index is 586. The predicted molar refractivity (Wildman–Crippen MR) is 87.0 cm³/mol. The van der Waals surface area contributed by atoms with Crippen LogP contribution < -0.4 is 0 Å². The minimum Gasteiger partial charge on any atom is -0.342 e. The number of hydrogen-bond donors (Lipinski definition) is 0. The van der Waals surface area contributed by atoms with Crippen LogP contribution in [-0.2, 0) is 16.1 Å². The average molecular weight is 338 g/mol. The van der Waals surface area contributed by atoms with Crippen LogP contribution in [0.5, 0.6) is 0 Å². The van der Waals surface area contributed by atoms with E-state index in [9.17, 15) is 18.4 Å². The van der Waals surface area contributed by atoms with Gasteiger partial charge in [0.1, 0.15) is 11.6 Å². The Morgan fingerprint density at radius 3 is 2.50 bits per heavy atom. The second-order valence-corrected chi connectivity index (χ2v) is 6.09. The summed E-state index contributed by atoms with van der Waals surface area (Å²) in [6.07, 6.45) is 1.88. The third kappa shape index (κ3) is 4.10. The quantitative estimate of drug-likeness (QED) is 0.828. The molecule has 2 amide bonds. The van der Waals surface area contributed by atoms with Crippen molar-refractivity contribution >= 4 is 11.8 Å². The molecule has 0 aliphatic carbocycles. The summed E-state index contributed by atoms with van der Waals surface area (Å²) in [7, 11) is 0. The van der Waals surface area contributed by atoms with E-state index < -0.39 is 11.6 Å². The van der Waals surface area contributed by atoms with Gasteiger partial charge in [-0.05, 0) is 31.9 Å². The van der Waals surface area contributed by atoms with Crippen molar-refractivity contribution in [2.75, 3.05) is 19.6 Å². The van der Waals surface area contributed by atoms with Gasteiger partial charge in [-0.1, -0.05) is 13.0 Å². The summed E-state index contributed by atoms with van der Waals surface area (Å²) >= 11 is 0. The highest BCUT2D eigenvalue weighted by Gasteiger charge is 2.31. The van der Waals surface area contributed by atoms with E-state index in [0.717, 1.165) is 6.42 Å². The lowest BCUT2D eigenvalue weighted by Gasteiger charge is -2.34. The summed E-state index contributed by atoms with van der Waals surface area (Å²) < 4.78 is 27.7. The summed E-state index contributed by atoms with van der Waals surface area (Å²) in [4.78, 5) is 27.8. The van der Waals surface area contributed by atoms with Crippen molar-refractivity contribution < 1.29 is 18.4 Å². The molecule has 132 valence electrons. The molecule has 1 aromatic carbocycles. The normalized spacial score (nSPS) is 17.7. The third-order valence-electron chi connectivity index (χ3n) is 4.53. The second kappa shape index (κ2) is 8.22. The molecule has 0 saturated carbocycles. The van der Waals surface area contributed by atoms with E-state index in [1.807, 2.05) is 0 Å². The first-order valence-electron chi connectivity index (χ1n) is 8.47. The van der Waals surface area contributed by atoms with Crippen LogP contribution in [0.3, 0.4) is 0 Å². The Labute approximate surface area is 141 Å². The minimum absolute atomic E-state index is 0.0377. The van der Waals surface area contributed by atoms with Crippen molar-refractivity contribution in [3.8, 4) is 0 Å².